The molecule has 7 N–H and O–H groups in total. The number of Topliss-reactive ketones (excluding diaryl/α,β-unsaturated/α-hetero) is 2. The summed E-state index contributed by atoms with van der Waals surface area (Å²) in [6.45, 7) is -0.507. The van der Waals surface area contributed by atoms with Crippen LogP contribution < -0.4 is 11.1 Å². The van der Waals surface area contributed by atoms with E-state index in [-0.39, 0.29) is 19.6 Å². The molecule has 232 valence electrons. The molecule has 0 bridgehead atoms. The molecule has 4 aliphatic rings. The largest absolute Gasteiger partial charge is 0.508 e. The number of amides is 2. The van der Waals surface area contributed by atoms with Crippen LogP contribution in [0.15, 0.2) is 23.0 Å². The summed E-state index contributed by atoms with van der Waals surface area (Å²) in [5.74, 6) is -10.9. The molecule has 1 saturated carbocycles. The van der Waals surface area contributed by atoms with Gasteiger partial charge in [-0.3, -0.25) is 29.0 Å². The molecule has 43 heavy (non-hydrogen) atoms. The molecular formula is C27H28F4N4O8. The summed E-state index contributed by atoms with van der Waals surface area (Å²) in [5, 5.41) is 46.9. The second kappa shape index (κ2) is 10.0. The molecule has 3 aliphatic carbocycles. The lowest BCUT2D eigenvalue weighted by molar-refractivity contribution is -0.153. The van der Waals surface area contributed by atoms with Crippen molar-refractivity contribution in [2.75, 3.05) is 39.0 Å². The van der Waals surface area contributed by atoms with E-state index >= 15 is 0 Å². The standard InChI is InChI=1S/C27H28F4N4O8/c1-34(2)19-13-4-9-3-11-12(27(29,30)31)5-14(33-15(36)8-35-6-10(28)7-35)20(37)17(11)21(38)16(9)23(40)26(13,43)24(41)18(22(19)39)25(32)42/h5,9-10,13,19,37-38,41,43H,3-4,6-8H2,1-2H3,(H2,32,42)(H,33,36)/t9-,13-,19-,26-/m0/s1. The molecule has 0 aromatic heterocycles. The average Bonchev–Trinajstić information content (AvgIpc) is 2.85. The summed E-state index contributed by atoms with van der Waals surface area (Å²) in [6.07, 6.45) is -7.19. The van der Waals surface area contributed by atoms with E-state index < -0.39 is 123 Å². The Morgan fingerprint density at radius 3 is 2.35 bits per heavy atom. The third-order valence-electron chi connectivity index (χ3n) is 8.58. The molecule has 2 amide bonds. The summed E-state index contributed by atoms with van der Waals surface area (Å²) >= 11 is 0. The fourth-order valence-electron chi connectivity index (χ4n) is 6.69. The molecule has 16 heteroatoms. The van der Waals surface area contributed by atoms with Gasteiger partial charge in [0.2, 0.25) is 11.7 Å². The van der Waals surface area contributed by atoms with Gasteiger partial charge in [-0.15, -0.1) is 0 Å². The van der Waals surface area contributed by atoms with Crippen molar-refractivity contribution < 1.29 is 57.2 Å². The van der Waals surface area contributed by atoms with Crippen LogP contribution in [-0.4, -0.2) is 105 Å². The van der Waals surface area contributed by atoms with Gasteiger partial charge in [0.25, 0.3) is 5.91 Å². The highest BCUT2D eigenvalue weighted by Gasteiger charge is 2.64. The minimum absolute atomic E-state index is 0.0588. The Morgan fingerprint density at radius 2 is 1.81 bits per heavy atom. The number of aromatic hydroxyl groups is 1. The number of benzene rings is 1. The zero-order valence-corrected chi connectivity index (χ0v) is 22.8. The smallest absolute Gasteiger partial charge is 0.416 e. The van der Waals surface area contributed by atoms with Gasteiger partial charge in [-0.1, -0.05) is 0 Å². The summed E-state index contributed by atoms with van der Waals surface area (Å²) in [6, 6.07) is -0.913. The first kappa shape index (κ1) is 30.4. The number of carbonyl (C=O) groups excluding carboxylic acids is 4. The Morgan fingerprint density at radius 1 is 1.19 bits per heavy atom. The number of aliphatic hydroxyl groups is 3. The Labute approximate surface area is 241 Å². The molecule has 12 nitrogen and oxygen atoms in total. The van der Waals surface area contributed by atoms with Gasteiger partial charge >= 0.3 is 6.18 Å². The number of likely N-dealkylation sites (N-methyl/N-ethyl adjacent to an activating group) is 1. The van der Waals surface area contributed by atoms with Crippen LogP contribution in [0.25, 0.3) is 5.76 Å². The zero-order chi connectivity index (χ0) is 31.9. The van der Waals surface area contributed by atoms with Crippen LogP contribution in [0.2, 0.25) is 0 Å². The maximum atomic E-state index is 14.3. The lowest BCUT2D eigenvalue weighted by Gasteiger charge is -2.50. The van der Waals surface area contributed by atoms with Crippen LogP contribution in [0.1, 0.15) is 23.1 Å². The van der Waals surface area contributed by atoms with E-state index in [0.717, 1.165) is 0 Å². The third kappa shape index (κ3) is 4.55. The quantitative estimate of drug-likeness (QED) is 0.156. The van der Waals surface area contributed by atoms with Crippen LogP contribution in [0.5, 0.6) is 5.75 Å². The highest BCUT2D eigenvalue weighted by Crippen LogP contribution is 2.55. The zero-order valence-electron chi connectivity index (χ0n) is 22.8. The second-order valence-corrected chi connectivity index (χ2v) is 11.5. The molecule has 1 aliphatic heterocycles. The molecule has 1 aromatic rings. The van der Waals surface area contributed by atoms with Gasteiger partial charge in [0, 0.05) is 24.6 Å². The van der Waals surface area contributed by atoms with Gasteiger partial charge in [0.1, 0.15) is 29.0 Å². The molecular weight excluding hydrogens is 584 g/mol. The Balaban J connectivity index is 1.66. The van der Waals surface area contributed by atoms with Crippen LogP contribution >= 0.6 is 0 Å². The van der Waals surface area contributed by atoms with Crippen LogP contribution in [0.4, 0.5) is 23.2 Å². The van der Waals surface area contributed by atoms with E-state index in [2.05, 4.69) is 5.32 Å². The lowest BCUT2D eigenvalue weighted by atomic mass is 9.57. The number of hydrogen-bond donors (Lipinski definition) is 6. The van der Waals surface area contributed by atoms with Gasteiger partial charge in [0.05, 0.1) is 29.4 Å². The van der Waals surface area contributed by atoms with Gasteiger partial charge in [0.15, 0.2) is 11.4 Å². The Bertz CT molecular complexity index is 1530. The Hall–Kier alpha value is -4.02. The van der Waals surface area contributed by atoms with Gasteiger partial charge in [-0.2, -0.15) is 13.2 Å². The summed E-state index contributed by atoms with van der Waals surface area (Å²) in [7, 11) is 2.78. The summed E-state index contributed by atoms with van der Waals surface area (Å²) in [4.78, 5) is 54.2. The van der Waals surface area contributed by atoms with Crippen LogP contribution in [-0.2, 0) is 31.8 Å². The number of alkyl halides is 4. The van der Waals surface area contributed by atoms with Crippen molar-refractivity contribution in [2.24, 2.45) is 17.6 Å². The number of nitrogens with zero attached hydrogens (tertiary/aromatic N) is 2. The molecule has 0 radical (unpaired) electrons. The summed E-state index contributed by atoms with van der Waals surface area (Å²) in [5.41, 5.74) is -2.87. The molecule has 1 saturated heterocycles. The molecule has 0 unspecified atom stereocenters. The van der Waals surface area contributed by atoms with Gasteiger partial charge in [-0.05, 0) is 44.5 Å². The normalized spacial score (nSPS) is 28.0. The number of nitrogens with one attached hydrogen (secondary N) is 1. The van der Waals surface area contributed by atoms with Crippen LogP contribution in [0.3, 0.4) is 0 Å². The number of carbonyl (C=O) groups is 4. The number of aliphatic hydroxyl groups excluding tert-OH is 2. The maximum Gasteiger partial charge on any atom is 0.416 e. The second-order valence-electron chi connectivity index (χ2n) is 11.5. The van der Waals surface area contributed by atoms with Crippen molar-refractivity contribution in [1.82, 2.24) is 9.80 Å². The Kier molecular flexibility index (Phi) is 7.10. The van der Waals surface area contributed by atoms with E-state index in [1.54, 1.807) is 0 Å². The first-order chi connectivity index (χ1) is 19.9. The number of phenols is 1. The van der Waals surface area contributed by atoms with Crippen LogP contribution in [0, 0.1) is 11.8 Å². The number of nitrogens with two attached hydrogens (primary N) is 1. The monoisotopic (exact) mass is 612 g/mol. The minimum Gasteiger partial charge on any atom is -0.508 e. The lowest BCUT2D eigenvalue weighted by Crippen LogP contribution is -2.65. The first-order valence-corrected chi connectivity index (χ1v) is 13.2. The number of fused-ring (bicyclic) bond motifs is 3. The number of likely N-dealkylation sites (tertiary alicyclic amines) is 1. The number of primary amides is 1. The van der Waals surface area contributed by atoms with Gasteiger partial charge in [-0.25, -0.2) is 4.39 Å². The van der Waals surface area contributed by atoms with Crippen molar-refractivity contribution in [2.45, 2.75) is 36.8 Å². The maximum absolute atomic E-state index is 14.3. The third-order valence-corrected chi connectivity index (χ3v) is 8.58. The highest BCUT2D eigenvalue weighted by molar-refractivity contribution is 6.24. The predicted octanol–water partition coefficient (Wildman–Crippen LogP) is 0.575. The van der Waals surface area contributed by atoms with E-state index in [1.807, 2.05) is 0 Å². The fourth-order valence-corrected chi connectivity index (χ4v) is 6.69. The van der Waals surface area contributed by atoms with Crippen molar-refractivity contribution in [3.8, 4) is 5.75 Å². The number of phenolic OH excluding ortho intramolecular Hbond substituents is 1. The number of anilines is 1. The SMILES string of the molecule is CN(C)[C@@H]1C(=O)C(C(N)=O)=C(O)[C@@]2(O)C(=O)C3=C(O)c4c(O)c(NC(=O)CN5CC(F)C5)cc(C(F)(F)F)c4C[C@H]3C[C@@H]12. The van der Waals surface area contributed by atoms with Crippen molar-refractivity contribution in [3.63, 3.8) is 0 Å². The molecule has 4 atom stereocenters. The molecule has 5 rings (SSSR count). The number of hydrogen-bond acceptors (Lipinski definition) is 10. The number of halogens is 4. The van der Waals surface area contributed by atoms with E-state index in [0.29, 0.717) is 6.07 Å². The number of rotatable bonds is 5. The topological polar surface area (TPSA) is 194 Å². The van der Waals surface area contributed by atoms with E-state index in [1.165, 1.54) is 23.9 Å². The minimum atomic E-state index is -5.06. The number of ketones is 2. The molecule has 1 aromatic carbocycles. The summed E-state index contributed by atoms with van der Waals surface area (Å²) < 4.78 is 56.0. The molecule has 1 heterocycles. The van der Waals surface area contributed by atoms with E-state index in [9.17, 15) is 57.2 Å². The average molecular weight is 613 g/mol. The predicted molar refractivity (Wildman–Crippen MR) is 139 cm³/mol. The van der Waals surface area contributed by atoms with E-state index in [4.69, 9.17) is 5.73 Å². The van der Waals surface area contributed by atoms with Crippen molar-refractivity contribution in [3.05, 3.63) is 39.7 Å². The molecule has 2 fully saturated rings. The first-order valence-electron chi connectivity index (χ1n) is 13.2. The highest BCUT2D eigenvalue weighted by atomic mass is 19.4. The van der Waals surface area contributed by atoms with Crippen molar-refractivity contribution in [1.29, 1.82) is 0 Å². The molecule has 0 spiro atoms. The van der Waals surface area contributed by atoms with Gasteiger partial charge < -0.3 is 31.5 Å². The fraction of sp³-hybridized carbons (Fsp3) is 0.481. The van der Waals surface area contributed by atoms with Crippen molar-refractivity contribution >= 4 is 34.8 Å².